The molecule has 0 aliphatic rings. The van der Waals surface area contributed by atoms with Crippen molar-refractivity contribution in [2.45, 2.75) is 51.9 Å². The highest BCUT2D eigenvalue weighted by atomic mass is 32.2. The molecule has 0 bridgehead atoms. The van der Waals surface area contributed by atoms with Gasteiger partial charge < -0.3 is 0 Å². The summed E-state index contributed by atoms with van der Waals surface area (Å²) in [5, 5.41) is 8.00. The van der Waals surface area contributed by atoms with Crippen LogP contribution in [0.1, 0.15) is 51.9 Å². The molecule has 0 aromatic rings. The van der Waals surface area contributed by atoms with E-state index in [-0.39, 0.29) is 0 Å². The molecule has 0 rings (SSSR count). The monoisotopic (exact) mass is 192 g/mol. The van der Waals surface area contributed by atoms with Crippen molar-refractivity contribution in [1.82, 2.24) is 0 Å². The largest absolute Gasteiger partial charge is 0.239 e. The molecule has 3 heteroatoms. The minimum absolute atomic E-state index is 0.907. The van der Waals surface area contributed by atoms with Crippen LogP contribution >= 0.6 is 12.0 Å². The zero-order chi connectivity index (χ0) is 9.07. The summed E-state index contributed by atoms with van der Waals surface area (Å²) in [6, 6.07) is 0. The molecule has 0 atom stereocenters. The van der Waals surface area contributed by atoms with Gasteiger partial charge >= 0.3 is 0 Å². The molecule has 12 heavy (non-hydrogen) atoms. The summed E-state index contributed by atoms with van der Waals surface area (Å²) in [7, 11) is 0. The Hall–Kier alpha value is 0.270. The van der Waals surface area contributed by atoms with Gasteiger partial charge in [0.2, 0.25) is 0 Å². The van der Waals surface area contributed by atoms with E-state index < -0.39 is 0 Å². The van der Waals surface area contributed by atoms with Crippen molar-refractivity contribution >= 4 is 12.0 Å². The van der Waals surface area contributed by atoms with Gasteiger partial charge in [0, 0.05) is 17.8 Å². The number of hydrogen-bond donors (Lipinski definition) is 1. The third-order valence-electron chi connectivity index (χ3n) is 1.88. The van der Waals surface area contributed by atoms with E-state index in [2.05, 4.69) is 11.3 Å². The van der Waals surface area contributed by atoms with E-state index in [0.717, 1.165) is 24.2 Å². The van der Waals surface area contributed by atoms with Crippen molar-refractivity contribution in [3.63, 3.8) is 0 Å². The Kier molecular flexibility index (Phi) is 11.5. The lowest BCUT2D eigenvalue weighted by Gasteiger charge is -1.99. The summed E-state index contributed by atoms with van der Waals surface area (Å²) in [5.41, 5.74) is 0. The molecule has 0 fully saturated rings. The first kappa shape index (κ1) is 12.3. The maximum atomic E-state index is 8.00. The molecule has 2 nitrogen and oxygen atoms in total. The van der Waals surface area contributed by atoms with E-state index in [1.807, 2.05) is 0 Å². The molecule has 0 saturated heterocycles. The summed E-state index contributed by atoms with van der Waals surface area (Å²) in [5.74, 6) is 0.907. The summed E-state index contributed by atoms with van der Waals surface area (Å²) < 4.78 is 3.90. The van der Waals surface area contributed by atoms with E-state index in [4.69, 9.17) is 5.26 Å². The van der Waals surface area contributed by atoms with E-state index in [1.165, 1.54) is 38.5 Å². The van der Waals surface area contributed by atoms with Gasteiger partial charge in [0.1, 0.15) is 0 Å². The van der Waals surface area contributed by atoms with Crippen LogP contribution in [0.4, 0.5) is 0 Å². The van der Waals surface area contributed by atoms with Gasteiger partial charge in [-0.3, -0.25) is 0 Å². The second-order valence-corrected chi connectivity index (χ2v) is 3.81. The zero-order valence-corrected chi connectivity index (χ0v) is 8.74. The molecule has 0 unspecified atom stereocenters. The summed E-state index contributed by atoms with van der Waals surface area (Å²) in [6.07, 6.45) is 9.16. The van der Waals surface area contributed by atoms with Gasteiger partial charge in [0.15, 0.2) is 0 Å². The predicted molar refractivity (Wildman–Crippen MR) is 54.2 cm³/mol. The quantitative estimate of drug-likeness (QED) is 0.260. The maximum absolute atomic E-state index is 8.00. The normalized spacial score (nSPS) is 10.5. The van der Waals surface area contributed by atoms with Gasteiger partial charge in [-0.05, 0) is 6.42 Å². The van der Waals surface area contributed by atoms with Gasteiger partial charge in [-0.1, -0.05) is 45.4 Å². The lowest BCUT2D eigenvalue weighted by Crippen LogP contribution is -1.82. The lowest BCUT2D eigenvalue weighted by molar-refractivity contribution is -0.116. The van der Waals surface area contributed by atoms with Gasteiger partial charge in [-0.2, -0.15) is 4.33 Å². The average molecular weight is 192 g/mol. The third kappa shape index (κ3) is 10.3. The van der Waals surface area contributed by atoms with Crippen LogP contribution < -0.4 is 0 Å². The lowest BCUT2D eigenvalue weighted by atomic mass is 10.1. The van der Waals surface area contributed by atoms with Crippen molar-refractivity contribution in [1.29, 1.82) is 0 Å². The predicted octanol–water partition coefficient (Wildman–Crippen LogP) is 3.87. The van der Waals surface area contributed by atoms with Gasteiger partial charge in [0.05, 0.1) is 0 Å². The van der Waals surface area contributed by atoms with Crippen LogP contribution in [0.15, 0.2) is 0 Å². The standard InChI is InChI=1S/C9H20O2S/c1-2-3-4-5-6-7-8-9-12-11-10/h10H,2-9H2,1H3. The Morgan fingerprint density at radius 2 is 1.58 bits per heavy atom. The third-order valence-corrected chi connectivity index (χ3v) is 2.44. The Morgan fingerprint density at radius 1 is 1.00 bits per heavy atom. The highest BCUT2D eigenvalue weighted by Crippen LogP contribution is 2.09. The topological polar surface area (TPSA) is 29.5 Å². The van der Waals surface area contributed by atoms with Crippen molar-refractivity contribution in [3.05, 3.63) is 0 Å². The van der Waals surface area contributed by atoms with Gasteiger partial charge in [0.25, 0.3) is 0 Å². The highest BCUT2D eigenvalue weighted by molar-refractivity contribution is 7.94. The SMILES string of the molecule is CCCCCCCCCSOO. The maximum Gasteiger partial charge on any atom is 0.0311 e. The minimum Gasteiger partial charge on any atom is -0.239 e. The Morgan fingerprint density at radius 3 is 2.17 bits per heavy atom. The van der Waals surface area contributed by atoms with Crippen LogP contribution in [-0.4, -0.2) is 11.0 Å². The molecule has 0 aliphatic carbocycles. The Bertz CT molecular complexity index is 68.9. The molecule has 74 valence electrons. The molecule has 1 N–H and O–H groups in total. The van der Waals surface area contributed by atoms with Crippen LogP contribution in [0.5, 0.6) is 0 Å². The van der Waals surface area contributed by atoms with E-state index in [0.29, 0.717) is 0 Å². The smallest absolute Gasteiger partial charge is 0.0311 e. The van der Waals surface area contributed by atoms with Crippen LogP contribution in [0.2, 0.25) is 0 Å². The Balaban J connectivity index is 2.73. The van der Waals surface area contributed by atoms with Gasteiger partial charge in [-0.15, -0.1) is 0 Å². The first-order chi connectivity index (χ1) is 5.91. The molecule has 0 aliphatic heterocycles. The summed E-state index contributed by atoms with van der Waals surface area (Å²) in [4.78, 5) is 0. The fraction of sp³-hybridized carbons (Fsp3) is 1.00. The van der Waals surface area contributed by atoms with Crippen molar-refractivity contribution in [2.75, 3.05) is 5.75 Å². The van der Waals surface area contributed by atoms with Crippen LogP contribution in [-0.2, 0) is 4.33 Å². The van der Waals surface area contributed by atoms with Gasteiger partial charge in [-0.25, -0.2) is 5.26 Å². The highest BCUT2D eigenvalue weighted by Gasteiger charge is 1.91. The zero-order valence-electron chi connectivity index (χ0n) is 7.92. The Labute approximate surface area is 79.8 Å². The van der Waals surface area contributed by atoms with E-state index in [1.54, 1.807) is 0 Å². The summed E-state index contributed by atoms with van der Waals surface area (Å²) in [6.45, 7) is 2.23. The molecular formula is C9H20O2S. The number of hydrogen-bond acceptors (Lipinski definition) is 3. The van der Waals surface area contributed by atoms with Crippen LogP contribution in [0, 0.1) is 0 Å². The molecule has 0 saturated carbocycles. The molecule has 0 aromatic heterocycles. The van der Waals surface area contributed by atoms with Crippen LogP contribution in [0.3, 0.4) is 0 Å². The van der Waals surface area contributed by atoms with Crippen molar-refractivity contribution < 1.29 is 9.59 Å². The van der Waals surface area contributed by atoms with Crippen molar-refractivity contribution in [3.8, 4) is 0 Å². The molecular weight excluding hydrogens is 172 g/mol. The second-order valence-electron chi connectivity index (χ2n) is 3.02. The average Bonchev–Trinajstić information content (AvgIpc) is 2.10. The molecule has 0 spiro atoms. The van der Waals surface area contributed by atoms with Crippen molar-refractivity contribution in [2.24, 2.45) is 0 Å². The number of unbranched alkanes of at least 4 members (excludes halogenated alkanes) is 6. The molecule has 0 radical (unpaired) electrons. The van der Waals surface area contributed by atoms with Crippen LogP contribution in [0.25, 0.3) is 0 Å². The molecule has 0 heterocycles. The van der Waals surface area contributed by atoms with E-state index in [9.17, 15) is 0 Å². The second kappa shape index (κ2) is 11.3. The summed E-state index contributed by atoms with van der Waals surface area (Å²) >= 11 is 1.13. The molecule has 0 aromatic carbocycles. The first-order valence-electron chi connectivity index (χ1n) is 4.85. The fourth-order valence-electron chi connectivity index (χ4n) is 1.16. The minimum atomic E-state index is 0.907. The molecule has 0 amide bonds. The number of rotatable bonds is 9. The fourth-order valence-corrected chi connectivity index (χ4v) is 1.55. The van der Waals surface area contributed by atoms with E-state index >= 15 is 0 Å². The first-order valence-corrected chi connectivity index (χ1v) is 5.76.